The minimum atomic E-state index is -4.43. The number of nitrogens with one attached hydrogen (secondary N) is 1. The highest BCUT2D eigenvalue weighted by atomic mass is 32.2. The average molecular weight is 341 g/mol. The number of rotatable bonds is 3. The maximum Gasteiger partial charge on any atom is 0.416 e. The molecule has 2 heterocycles. The molecule has 1 fully saturated rings. The van der Waals surface area contributed by atoms with Crippen molar-refractivity contribution < 1.29 is 27.2 Å². The summed E-state index contributed by atoms with van der Waals surface area (Å²) in [6, 6.07) is 7.94. The monoisotopic (exact) mass is 341 g/mol. The third-order valence-corrected chi connectivity index (χ3v) is 4.27. The zero-order valence-corrected chi connectivity index (χ0v) is 12.3. The van der Waals surface area contributed by atoms with Gasteiger partial charge in [-0.2, -0.15) is 13.2 Å². The molecule has 1 aliphatic rings. The number of carbonyl (C=O) groups excluding carboxylic acids is 2. The summed E-state index contributed by atoms with van der Waals surface area (Å²) in [6.07, 6.45) is -4.23. The van der Waals surface area contributed by atoms with Crippen molar-refractivity contribution in [3.05, 3.63) is 47.7 Å². The molecule has 3 rings (SSSR count). The Bertz CT molecular complexity index is 769. The van der Waals surface area contributed by atoms with Crippen LogP contribution in [0, 0.1) is 0 Å². The van der Waals surface area contributed by atoms with Gasteiger partial charge in [-0.15, -0.1) is 0 Å². The van der Waals surface area contributed by atoms with Gasteiger partial charge in [0.25, 0.3) is 5.24 Å². The van der Waals surface area contributed by atoms with Crippen molar-refractivity contribution in [2.24, 2.45) is 0 Å². The van der Waals surface area contributed by atoms with Gasteiger partial charge in [0.15, 0.2) is 0 Å². The molecule has 0 saturated carbocycles. The van der Waals surface area contributed by atoms with Crippen LogP contribution in [0.25, 0.3) is 11.3 Å². The van der Waals surface area contributed by atoms with Crippen molar-refractivity contribution in [2.75, 3.05) is 0 Å². The van der Waals surface area contributed by atoms with Crippen LogP contribution < -0.4 is 5.32 Å². The van der Waals surface area contributed by atoms with E-state index in [9.17, 15) is 22.8 Å². The molecule has 1 N–H and O–H groups in total. The van der Waals surface area contributed by atoms with Crippen LogP contribution in [0.2, 0.25) is 0 Å². The molecule has 23 heavy (non-hydrogen) atoms. The normalized spacial score (nSPS) is 18.3. The van der Waals surface area contributed by atoms with Crippen LogP contribution >= 0.6 is 11.8 Å². The van der Waals surface area contributed by atoms with E-state index in [0.29, 0.717) is 11.3 Å². The number of carbonyl (C=O) groups is 2. The van der Waals surface area contributed by atoms with Crippen molar-refractivity contribution in [3.63, 3.8) is 0 Å². The zero-order valence-electron chi connectivity index (χ0n) is 11.5. The standard InChI is InChI=1S/C15H10F3NO3S/c16-15(17,18)9-3-1-2-8(6-9)11-5-4-10(22-11)7-12-13(20)19-14(21)23-12/h1-6,12H,7H2,(H,19,20,21). The van der Waals surface area contributed by atoms with Crippen LogP contribution in [0.15, 0.2) is 40.8 Å². The number of hydrogen-bond donors (Lipinski definition) is 1. The molecule has 0 radical (unpaired) electrons. The Morgan fingerprint density at radius 3 is 2.61 bits per heavy atom. The fraction of sp³-hybridized carbons (Fsp3) is 0.200. The molecule has 0 aliphatic carbocycles. The van der Waals surface area contributed by atoms with E-state index in [4.69, 9.17) is 4.42 Å². The van der Waals surface area contributed by atoms with Crippen molar-refractivity contribution >= 4 is 22.9 Å². The van der Waals surface area contributed by atoms with E-state index in [1.807, 2.05) is 0 Å². The second-order valence-corrected chi connectivity index (χ2v) is 6.11. The Hall–Kier alpha value is -2.22. The van der Waals surface area contributed by atoms with E-state index in [1.54, 1.807) is 12.1 Å². The molecular formula is C15H10F3NO3S. The van der Waals surface area contributed by atoms with E-state index in [1.165, 1.54) is 12.1 Å². The van der Waals surface area contributed by atoms with Crippen LogP contribution in [0.4, 0.5) is 18.0 Å². The molecule has 2 amide bonds. The van der Waals surface area contributed by atoms with E-state index in [-0.39, 0.29) is 12.2 Å². The fourth-order valence-electron chi connectivity index (χ4n) is 2.20. The van der Waals surface area contributed by atoms with Gasteiger partial charge in [-0.05, 0) is 24.3 Å². The minimum absolute atomic E-state index is 0.196. The summed E-state index contributed by atoms with van der Waals surface area (Å²) in [7, 11) is 0. The molecule has 1 atom stereocenters. The maximum atomic E-state index is 12.7. The Morgan fingerprint density at radius 2 is 1.96 bits per heavy atom. The summed E-state index contributed by atoms with van der Waals surface area (Å²) in [5.74, 6) is 0.317. The van der Waals surface area contributed by atoms with Crippen LogP contribution in [0.5, 0.6) is 0 Å². The SMILES string of the molecule is O=C1NC(=O)C(Cc2ccc(-c3cccc(C(F)(F)F)c3)o2)S1. The van der Waals surface area contributed by atoms with Gasteiger partial charge in [0.05, 0.1) is 5.56 Å². The number of thioether (sulfide) groups is 1. The summed E-state index contributed by atoms with van der Waals surface area (Å²) in [5, 5.41) is 1.18. The molecule has 1 unspecified atom stereocenters. The number of amides is 2. The highest BCUT2D eigenvalue weighted by molar-refractivity contribution is 8.15. The molecule has 1 aromatic carbocycles. The molecule has 1 aliphatic heterocycles. The summed E-state index contributed by atoms with van der Waals surface area (Å²) in [4.78, 5) is 22.6. The van der Waals surface area contributed by atoms with Crippen molar-refractivity contribution in [2.45, 2.75) is 17.8 Å². The Morgan fingerprint density at radius 1 is 1.17 bits per heavy atom. The first-order valence-corrected chi connectivity index (χ1v) is 7.49. The average Bonchev–Trinajstić information content (AvgIpc) is 3.06. The molecule has 0 bridgehead atoms. The Labute approximate surface area is 133 Å². The number of hydrogen-bond acceptors (Lipinski definition) is 4. The molecule has 0 spiro atoms. The van der Waals surface area contributed by atoms with Gasteiger partial charge in [0.1, 0.15) is 16.8 Å². The first-order chi connectivity index (χ1) is 10.8. The quantitative estimate of drug-likeness (QED) is 0.921. The zero-order chi connectivity index (χ0) is 16.6. The number of furan rings is 1. The van der Waals surface area contributed by atoms with Crippen LogP contribution in [-0.4, -0.2) is 16.4 Å². The van der Waals surface area contributed by atoms with Crippen LogP contribution in [-0.2, 0) is 17.4 Å². The van der Waals surface area contributed by atoms with Gasteiger partial charge in [-0.25, -0.2) is 0 Å². The lowest BCUT2D eigenvalue weighted by atomic mass is 10.1. The van der Waals surface area contributed by atoms with E-state index < -0.39 is 28.1 Å². The van der Waals surface area contributed by atoms with E-state index >= 15 is 0 Å². The number of alkyl halides is 3. The predicted octanol–water partition coefficient (Wildman–Crippen LogP) is 3.86. The summed E-state index contributed by atoms with van der Waals surface area (Å²) < 4.78 is 43.7. The highest BCUT2D eigenvalue weighted by Crippen LogP contribution is 2.33. The van der Waals surface area contributed by atoms with Crippen molar-refractivity contribution in [1.29, 1.82) is 0 Å². The molecule has 1 saturated heterocycles. The fourth-order valence-corrected chi connectivity index (χ4v) is 3.03. The number of halogens is 3. The maximum absolute atomic E-state index is 12.7. The van der Waals surface area contributed by atoms with E-state index in [2.05, 4.69) is 5.32 Å². The third kappa shape index (κ3) is 3.42. The second kappa shape index (κ2) is 5.77. The predicted molar refractivity (Wildman–Crippen MR) is 77.8 cm³/mol. The van der Waals surface area contributed by atoms with Gasteiger partial charge in [0.2, 0.25) is 5.91 Å². The lowest BCUT2D eigenvalue weighted by molar-refractivity contribution is -0.137. The Balaban J connectivity index is 1.80. The van der Waals surface area contributed by atoms with Gasteiger partial charge in [-0.3, -0.25) is 14.9 Å². The first kappa shape index (κ1) is 15.7. The molecule has 8 heteroatoms. The molecular weight excluding hydrogens is 331 g/mol. The van der Waals surface area contributed by atoms with Crippen LogP contribution in [0.3, 0.4) is 0 Å². The number of imide groups is 1. The van der Waals surface area contributed by atoms with Gasteiger partial charge in [0, 0.05) is 12.0 Å². The number of benzene rings is 1. The van der Waals surface area contributed by atoms with Gasteiger partial charge >= 0.3 is 6.18 Å². The minimum Gasteiger partial charge on any atom is -0.461 e. The van der Waals surface area contributed by atoms with E-state index in [0.717, 1.165) is 23.9 Å². The van der Waals surface area contributed by atoms with Crippen LogP contribution in [0.1, 0.15) is 11.3 Å². The molecule has 120 valence electrons. The Kier molecular flexibility index (Phi) is 3.93. The summed E-state index contributed by atoms with van der Waals surface area (Å²) in [6.45, 7) is 0. The lowest BCUT2D eigenvalue weighted by Crippen LogP contribution is -2.25. The highest BCUT2D eigenvalue weighted by Gasteiger charge is 2.33. The van der Waals surface area contributed by atoms with Gasteiger partial charge in [-0.1, -0.05) is 23.9 Å². The first-order valence-electron chi connectivity index (χ1n) is 6.61. The second-order valence-electron chi connectivity index (χ2n) is 4.93. The largest absolute Gasteiger partial charge is 0.461 e. The van der Waals surface area contributed by atoms with Crippen molar-refractivity contribution in [3.8, 4) is 11.3 Å². The van der Waals surface area contributed by atoms with Crippen molar-refractivity contribution in [1.82, 2.24) is 5.32 Å². The lowest BCUT2D eigenvalue weighted by Gasteiger charge is -2.07. The molecule has 1 aromatic heterocycles. The molecule has 2 aromatic rings. The smallest absolute Gasteiger partial charge is 0.416 e. The summed E-state index contributed by atoms with van der Waals surface area (Å²) in [5.41, 5.74) is -0.463. The third-order valence-electron chi connectivity index (χ3n) is 3.29. The molecule has 4 nitrogen and oxygen atoms in total. The topological polar surface area (TPSA) is 59.3 Å². The van der Waals surface area contributed by atoms with Gasteiger partial charge < -0.3 is 4.42 Å². The summed E-state index contributed by atoms with van der Waals surface area (Å²) >= 11 is 0.871.